The van der Waals surface area contributed by atoms with Crippen LogP contribution in [0.25, 0.3) is 0 Å². The minimum absolute atomic E-state index is 0.0765. The Balaban J connectivity index is 1.63. The van der Waals surface area contributed by atoms with Gasteiger partial charge in [0.1, 0.15) is 11.8 Å². The highest BCUT2D eigenvalue weighted by atomic mass is 35.5. The van der Waals surface area contributed by atoms with E-state index in [-0.39, 0.29) is 18.2 Å². The molecule has 0 radical (unpaired) electrons. The van der Waals surface area contributed by atoms with E-state index >= 15 is 0 Å². The summed E-state index contributed by atoms with van der Waals surface area (Å²) < 4.78 is 5.11. The fourth-order valence-corrected chi connectivity index (χ4v) is 3.42. The Hall–Kier alpha value is -2.53. The number of hydrogen-bond acceptors (Lipinski definition) is 3. The number of methoxy groups -OCH3 is 1. The molecule has 1 saturated heterocycles. The highest BCUT2D eigenvalue weighted by Gasteiger charge is 2.33. The summed E-state index contributed by atoms with van der Waals surface area (Å²) in [7, 11) is 1.56. The standard InChI is InChI=1S/C21H23ClN2O3/c1-13-4-6-16(10-14(13)2)24-9-8-19(21(24)26)23-20(25)11-15-5-7-17(27-3)12-18(15)22/h4-7,10,12,19H,8-9,11H2,1-3H3,(H,23,25)/t19-/m0/s1. The van der Waals surface area contributed by atoms with Crippen LogP contribution in [0.4, 0.5) is 5.69 Å². The topological polar surface area (TPSA) is 58.6 Å². The number of carbonyl (C=O) groups excluding carboxylic acids is 2. The second kappa shape index (κ2) is 8.01. The minimum atomic E-state index is -0.504. The molecule has 27 heavy (non-hydrogen) atoms. The molecule has 5 nitrogen and oxygen atoms in total. The summed E-state index contributed by atoms with van der Waals surface area (Å²) in [5.41, 5.74) is 3.90. The number of rotatable bonds is 5. The Morgan fingerprint density at radius 2 is 2.00 bits per heavy atom. The van der Waals surface area contributed by atoms with Gasteiger partial charge in [-0.15, -0.1) is 0 Å². The lowest BCUT2D eigenvalue weighted by Crippen LogP contribution is -2.42. The Bertz CT molecular complexity index is 882. The van der Waals surface area contributed by atoms with Crippen LogP contribution in [-0.4, -0.2) is 31.5 Å². The molecular formula is C21H23ClN2O3. The second-order valence-electron chi connectivity index (χ2n) is 6.80. The number of carbonyl (C=O) groups is 2. The minimum Gasteiger partial charge on any atom is -0.497 e. The summed E-state index contributed by atoms with van der Waals surface area (Å²) >= 11 is 6.19. The van der Waals surface area contributed by atoms with Crippen LogP contribution < -0.4 is 15.0 Å². The van der Waals surface area contributed by atoms with Gasteiger partial charge in [0, 0.05) is 17.3 Å². The van der Waals surface area contributed by atoms with E-state index in [1.54, 1.807) is 30.2 Å². The van der Waals surface area contributed by atoms with Crippen LogP contribution in [0.15, 0.2) is 36.4 Å². The van der Waals surface area contributed by atoms with Gasteiger partial charge in [-0.05, 0) is 61.2 Å². The molecule has 0 saturated carbocycles. The molecule has 3 rings (SSSR count). The largest absolute Gasteiger partial charge is 0.497 e. The molecule has 0 bridgehead atoms. The fourth-order valence-electron chi connectivity index (χ4n) is 3.18. The molecule has 0 aromatic heterocycles. The van der Waals surface area contributed by atoms with Crippen LogP contribution >= 0.6 is 11.6 Å². The van der Waals surface area contributed by atoms with Gasteiger partial charge in [-0.2, -0.15) is 0 Å². The predicted octanol–water partition coefficient (Wildman–Crippen LogP) is 3.43. The van der Waals surface area contributed by atoms with Crippen molar-refractivity contribution in [2.45, 2.75) is 32.7 Å². The molecule has 1 N–H and O–H groups in total. The first-order valence-electron chi connectivity index (χ1n) is 8.89. The van der Waals surface area contributed by atoms with Gasteiger partial charge in [0.05, 0.1) is 13.5 Å². The molecule has 142 valence electrons. The zero-order chi connectivity index (χ0) is 19.6. The molecule has 1 atom stereocenters. The van der Waals surface area contributed by atoms with Crippen molar-refractivity contribution in [3.63, 3.8) is 0 Å². The van der Waals surface area contributed by atoms with Gasteiger partial charge >= 0.3 is 0 Å². The Morgan fingerprint density at radius 3 is 2.67 bits per heavy atom. The number of anilines is 1. The average Bonchev–Trinajstić information content (AvgIpc) is 2.99. The van der Waals surface area contributed by atoms with Crippen molar-refractivity contribution in [2.75, 3.05) is 18.6 Å². The van der Waals surface area contributed by atoms with Crippen molar-refractivity contribution in [1.82, 2.24) is 5.32 Å². The lowest BCUT2D eigenvalue weighted by Gasteiger charge is -2.18. The number of benzene rings is 2. The van der Waals surface area contributed by atoms with Crippen LogP contribution in [0.3, 0.4) is 0 Å². The number of nitrogens with zero attached hydrogens (tertiary/aromatic N) is 1. The predicted molar refractivity (Wildman–Crippen MR) is 107 cm³/mol. The lowest BCUT2D eigenvalue weighted by atomic mass is 10.1. The average molecular weight is 387 g/mol. The number of ether oxygens (including phenoxy) is 1. The summed E-state index contributed by atoms with van der Waals surface area (Å²) in [5, 5.41) is 3.31. The molecule has 0 unspecified atom stereocenters. The number of hydrogen-bond donors (Lipinski definition) is 1. The molecule has 6 heteroatoms. The molecule has 2 aromatic carbocycles. The zero-order valence-electron chi connectivity index (χ0n) is 15.7. The van der Waals surface area contributed by atoms with Crippen LogP contribution in [0.2, 0.25) is 5.02 Å². The molecular weight excluding hydrogens is 364 g/mol. The third kappa shape index (κ3) is 4.25. The van der Waals surface area contributed by atoms with Gasteiger partial charge in [0.2, 0.25) is 11.8 Å². The van der Waals surface area contributed by atoms with E-state index < -0.39 is 6.04 Å². The molecule has 2 amide bonds. The van der Waals surface area contributed by atoms with Crippen LogP contribution in [0.5, 0.6) is 5.75 Å². The number of halogens is 1. The number of amides is 2. The Morgan fingerprint density at radius 1 is 1.22 bits per heavy atom. The summed E-state index contributed by atoms with van der Waals surface area (Å²) in [4.78, 5) is 26.8. The smallest absolute Gasteiger partial charge is 0.249 e. The SMILES string of the molecule is COc1ccc(CC(=O)N[C@H]2CCN(c3ccc(C)c(C)c3)C2=O)c(Cl)c1. The molecule has 2 aromatic rings. The Labute approximate surface area is 164 Å². The zero-order valence-corrected chi connectivity index (χ0v) is 16.5. The summed E-state index contributed by atoms with van der Waals surface area (Å²) in [6.07, 6.45) is 0.712. The molecule has 1 fully saturated rings. The number of aryl methyl sites for hydroxylation is 2. The lowest BCUT2D eigenvalue weighted by molar-refractivity contribution is -0.126. The van der Waals surface area contributed by atoms with Crippen molar-refractivity contribution >= 4 is 29.1 Å². The maximum Gasteiger partial charge on any atom is 0.249 e. The Kier molecular flexibility index (Phi) is 5.71. The number of nitrogens with one attached hydrogen (secondary N) is 1. The second-order valence-corrected chi connectivity index (χ2v) is 7.21. The van der Waals surface area contributed by atoms with Gasteiger partial charge in [0.15, 0.2) is 0 Å². The monoisotopic (exact) mass is 386 g/mol. The van der Waals surface area contributed by atoms with Gasteiger partial charge in [-0.3, -0.25) is 9.59 Å². The van der Waals surface area contributed by atoms with Crippen LogP contribution in [0.1, 0.15) is 23.1 Å². The van der Waals surface area contributed by atoms with Crippen molar-refractivity contribution in [3.05, 3.63) is 58.1 Å². The highest BCUT2D eigenvalue weighted by molar-refractivity contribution is 6.31. The summed E-state index contributed by atoms with van der Waals surface area (Å²) in [5.74, 6) is 0.342. The third-order valence-corrected chi connectivity index (χ3v) is 5.31. The first-order valence-corrected chi connectivity index (χ1v) is 9.27. The molecule has 1 heterocycles. The maximum absolute atomic E-state index is 12.7. The van der Waals surface area contributed by atoms with E-state index in [0.29, 0.717) is 29.3 Å². The molecule has 0 aliphatic carbocycles. The maximum atomic E-state index is 12.7. The normalized spacial score (nSPS) is 16.5. The van der Waals surface area contributed by atoms with Gasteiger partial charge < -0.3 is 15.0 Å². The van der Waals surface area contributed by atoms with Crippen LogP contribution in [0, 0.1) is 13.8 Å². The quantitative estimate of drug-likeness (QED) is 0.856. The summed E-state index contributed by atoms with van der Waals surface area (Å²) in [6.45, 7) is 4.66. The first-order chi connectivity index (χ1) is 12.9. The van der Waals surface area contributed by atoms with Crippen molar-refractivity contribution in [2.24, 2.45) is 0 Å². The third-order valence-electron chi connectivity index (χ3n) is 4.95. The summed E-state index contributed by atoms with van der Waals surface area (Å²) in [6, 6.07) is 10.7. The van der Waals surface area contributed by atoms with E-state index in [4.69, 9.17) is 16.3 Å². The highest BCUT2D eigenvalue weighted by Crippen LogP contribution is 2.25. The first kappa shape index (κ1) is 19.2. The molecule has 0 spiro atoms. The van der Waals surface area contributed by atoms with Gasteiger partial charge in [-0.25, -0.2) is 0 Å². The van der Waals surface area contributed by atoms with E-state index in [2.05, 4.69) is 5.32 Å². The molecule has 1 aliphatic rings. The molecule has 1 aliphatic heterocycles. The van der Waals surface area contributed by atoms with E-state index in [1.807, 2.05) is 32.0 Å². The van der Waals surface area contributed by atoms with Crippen molar-refractivity contribution < 1.29 is 14.3 Å². The van der Waals surface area contributed by atoms with Gasteiger partial charge in [0.25, 0.3) is 0 Å². The van der Waals surface area contributed by atoms with E-state index in [1.165, 1.54) is 5.56 Å². The van der Waals surface area contributed by atoms with Crippen molar-refractivity contribution in [3.8, 4) is 5.75 Å². The van der Waals surface area contributed by atoms with E-state index in [0.717, 1.165) is 11.3 Å². The van der Waals surface area contributed by atoms with Crippen LogP contribution in [-0.2, 0) is 16.0 Å². The van der Waals surface area contributed by atoms with Crippen molar-refractivity contribution in [1.29, 1.82) is 0 Å². The fraction of sp³-hybridized carbons (Fsp3) is 0.333. The van der Waals surface area contributed by atoms with Gasteiger partial charge in [-0.1, -0.05) is 23.7 Å². The van der Waals surface area contributed by atoms with E-state index in [9.17, 15) is 9.59 Å².